The van der Waals surface area contributed by atoms with E-state index in [2.05, 4.69) is 140 Å². The van der Waals surface area contributed by atoms with Gasteiger partial charge in [-0.15, -0.1) is 0 Å². The van der Waals surface area contributed by atoms with Crippen LogP contribution >= 0.6 is 11.6 Å². The van der Waals surface area contributed by atoms with Crippen LogP contribution < -0.4 is 4.90 Å². The van der Waals surface area contributed by atoms with Crippen LogP contribution in [0, 0.1) is 13.8 Å². The van der Waals surface area contributed by atoms with Gasteiger partial charge in [0.25, 0.3) is 0 Å². The first-order valence-electron chi connectivity index (χ1n) is 12.9. The molecular formula is C36H28ClN. The summed E-state index contributed by atoms with van der Waals surface area (Å²) in [7, 11) is 0. The van der Waals surface area contributed by atoms with Crippen LogP contribution in [-0.2, 0) is 0 Å². The monoisotopic (exact) mass is 509 g/mol. The number of nitrogens with zero attached hydrogens (tertiary/aromatic N) is 1. The summed E-state index contributed by atoms with van der Waals surface area (Å²) >= 11 is 6.80. The molecule has 0 aliphatic carbocycles. The lowest BCUT2D eigenvalue weighted by Gasteiger charge is -2.26. The van der Waals surface area contributed by atoms with E-state index in [-0.39, 0.29) is 0 Å². The summed E-state index contributed by atoms with van der Waals surface area (Å²) in [5, 5.41) is 5.29. The molecule has 0 saturated heterocycles. The van der Waals surface area contributed by atoms with Crippen molar-refractivity contribution >= 4 is 62.4 Å². The predicted octanol–water partition coefficient (Wildman–Crippen LogP) is 10.9. The molecule has 0 bridgehead atoms. The largest absolute Gasteiger partial charge is 0.311 e. The van der Waals surface area contributed by atoms with Crippen molar-refractivity contribution in [1.82, 2.24) is 0 Å². The fourth-order valence-electron chi connectivity index (χ4n) is 5.04. The summed E-state index contributed by atoms with van der Waals surface area (Å²) in [6.45, 7) is 4.24. The number of anilines is 3. The normalized spacial score (nSPS) is 11.4. The standard InChI is InChI=1S/C36H28ClN/c1-25-11-18-28(19-12-25)38(29-20-13-26(2)14-21-29)30-22-15-27(16-23-30)17-24-33-31-7-3-5-9-34(31)36(37)35-10-6-4-8-32(33)35/h3-24H,1-2H3. The zero-order chi connectivity index (χ0) is 26.1. The Balaban J connectivity index is 1.39. The quantitative estimate of drug-likeness (QED) is 0.165. The van der Waals surface area contributed by atoms with Crippen LogP contribution in [0.2, 0.25) is 5.02 Å². The van der Waals surface area contributed by atoms with Gasteiger partial charge in [-0.05, 0) is 72.1 Å². The molecule has 0 aromatic heterocycles. The van der Waals surface area contributed by atoms with Crippen LogP contribution in [0.15, 0.2) is 121 Å². The van der Waals surface area contributed by atoms with E-state index in [1.165, 1.54) is 16.7 Å². The minimum absolute atomic E-state index is 0.810. The molecule has 0 heterocycles. The van der Waals surface area contributed by atoms with Crippen molar-refractivity contribution in [3.8, 4) is 0 Å². The zero-order valence-electron chi connectivity index (χ0n) is 21.5. The van der Waals surface area contributed by atoms with Crippen molar-refractivity contribution in [2.24, 2.45) is 0 Å². The number of benzene rings is 6. The molecule has 0 amide bonds. The first-order chi connectivity index (χ1) is 18.6. The zero-order valence-corrected chi connectivity index (χ0v) is 22.3. The first kappa shape index (κ1) is 24.0. The van der Waals surface area contributed by atoms with E-state index in [4.69, 9.17) is 11.6 Å². The third-order valence-corrected chi connectivity index (χ3v) is 7.49. The van der Waals surface area contributed by atoms with Gasteiger partial charge in [0.1, 0.15) is 0 Å². The molecule has 0 aliphatic rings. The average Bonchev–Trinajstić information content (AvgIpc) is 2.96. The molecule has 1 nitrogen and oxygen atoms in total. The molecule has 0 N–H and O–H groups in total. The van der Waals surface area contributed by atoms with Crippen molar-refractivity contribution in [2.75, 3.05) is 4.90 Å². The van der Waals surface area contributed by atoms with Crippen molar-refractivity contribution in [1.29, 1.82) is 0 Å². The number of halogens is 1. The van der Waals surface area contributed by atoms with E-state index in [1.807, 2.05) is 12.1 Å². The summed E-state index contributed by atoms with van der Waals surface area (Å²) in [6.07, 6.45) is 4.40. The molecule has 0 radical (unpaired) electrons. The minimum atomic E-state index is 0.810. The third kappa shape index (κ3) is 4.58. The van der Waals surface area contributed by atoms with Gasteiger partial charge in [0, 0.05) is 27.8 Å². The Morgan fingerprint density at radius 1 is 0.474 bits per heavy atom. The summed E-state index contributed by atoms with van der Waals surface area (Å²) < 4.78 is 0. The molecule has 0 unspecified atom stereocenters. The maximum absolute atomic E-state index is 6.80. The SMILES string of the molecule is Cc1ccc(N(c2ccc(C)cc2)c2ccc(C=Cc3c4ccccc4c(Cl)c4ccccc34)cc2)cc1. The summed E-state index contributed by atoms with van der Waals surface area (Å²) in [5.74, 6) is 0. The van der Waals surface area contributed by atoms with Crippen LogP contribution in [0.4, 0.5) is 17.1 Å². The molecule has 6 aromatic carbocycles. The summed E-state index contributed by atoms with van der Waals surface area (Å²) in [4.78, 5) is 2.30. The fourth-order valence-corrected chi connectivity index (χ4v) is 5.37. The number of hydrogen-bond donors (Lipinski definition) is 0. The average molecular weight is 510 g/mol. The van der Waals surface area contributed by atoms with Gasteiger partial charge in [0.15, 0.2) is 0 Å². The van der Waals surface area contributed by atoms with Crippen molar-refractivity contribution in [3.63, 3.8) is 0 Å². The fraction of sp³-hybridized carbons (Fsp3) is 0.0556. The molecule has 6 rings (SSSR count). The molecule has 0 atom stereocenters. The van der Waals surface area contributed by atoms with Gasteiger partial charge in [-0.1, -0.05) is 120 Å². The topological polar surface area (TPSA) is 3.24 Å². The Labute approximate surface area is 229 Å². The Morgan fingerprint density at radius 2 is 0.868 bits per heavy atom. The molecule has 38 heavy (non-hydrogen) atoms. The predicted molar refractivity (Wildman–Crippen MR) is 166 cm³/mol. The lowest BCUT2D eigenvalue weighted by molar-refractivity contribution is 1.27. The highest BCUT2D eigenvalue weighted by molar-refractivity contribution is 6.41. The molecule has 0 spiro atoms. The molecule has 0 fully saturated rings. The lowest BCUT2D eigenvalue weighted by atomic mass is 9.96. The van der Waals surface area contributed by atoms with Gasteiger partial charge in [0.05, 0.1) is 5.02 Å². The van der Waals surface area contributed by atoms with Gasteiger partial charge in [-0.25, -0.2) is 0 Å². The van der Waals surface area contributed by atoms with E-state index in [1.54, 1.807) is 0 Å². The highest BCUT2D eigenvalue weighted by atomic mass is 35.5. The van der Waals surface area contributed by atoms with Gasteiger partial charge < -0.3 is 4.90 Å². The van der Waals surface area contributed by atoms with Gasteiger partial charge >= 0.3 is 0 Å². The van der Waals surface area contributed by atoms with E-state index in [0.717, 1.165) is 49.2 Å². The Hall–Kier alpha value is -4.33. The first-order valence-corrected chi connectivity index (χ1v) is 13.3. The van der Waals surface area contributed by atoms with Crippen molar-refractivity contribution in [3.05, 3.63) is 149 Å². The van der Waals surface area contributed by atoms with Gasteiger partial charge in [-0.3, -0.25) is 0 Å². The van der Waals surface area contributed by atoms with E-state index in [0.29, 0.717) is 0 Å². The van der Waals surface area contributed by atoms with Crippen LogP contribution in [0.5, 0.6) is 0 Å². The summed E-state index contributed by atoms with van der Waals surface area (Å²) in [6, 6.07) is 42.8. The van der Waals surface area contributed by atoms with E-state index in [9.17, 15) is 0 Å². The molecule has 2 heteroatoms. The van der Waals surface area contributed by atoms with Crippen molar-refractivity contribution < 1.29 is 0 Å². The van der Waals surface area contributed by atoms with Gasteiger partial charge in [-0.2, -0.15) is 0 Å². The molecule has 6 aromatic rings. The smallest absolute Gasteiger partial charge is 0.0563 e. The lowest BCUT2D eigenvalue weighted by Crippen LogP contribution is -2.09. The van der Waals surface area contributed by atoms with Crippen LogP contribution in [0.3, 0.4) is 0 Å². The second-order valence-electron chi connectivity index (χ2n) is 9.75. The number of aryl methyl sites for hydroxylation is 2. The molecular weight excluding hydrogens is 482 g/mol. The third-order valence-electron chi connectivity index (χ3n) is 7.09. The number of hydrogen-bond acceptors (Lipinski definition) is 1. The summed E-state index contributed by atoms with van der Waals surface area (Å²) in [5.41, 5.74) is 8.23. The molecule has 184 valence electrons. The van der Waals surface area contributed by atoms with Crippen LogP contribution in [0.25, 0.3) is 33.7 Å². The van der Waals surface area contributed by atoms with Gasteiger partial charge in [0.2, 0.25) is 0 Å². The van der Waals surface area contributed by atoms with E-state index < -0.39 is 0 Å². The van der Waals surface area contributed by atoms with Crippen molar-refractivity contribution in [2.45, 2.75) is 13.8 Å². The second kappa shape index (κ2) is 10.2. The Kier molecular flexibility index (Phi) is 6.45. The van der Waals surface area contributed by atoms with E-state index >= 15 is 0 Å². The minimum Gasteiger partial charge on any atom is -0.311 e. The number of fused-ring (bicyclic) bond motifs is 2. The van der Waals surface area contributed by atoms with Crippen LogP contribution in [-0.4, -0.2) is 0 Å². The number of rotatable bonds is 5. The Morgan fingerprint density at radius 3 is 1.32 bits per heavy atom. The second-order valence-corrected chi connectivity index (χ2v) is 10.1. The maximum Gasteiger partial charge on any atom is 0.0563 e. The van der Waals surface area contributed by atoms with Crippen LogP contribution in [0.1, 0.15) is 22.3 Å². The molecule has 0 aliphatic heterocycles. The highest BCUT2D eigenvalue weighted by Crippen LogP contribution is 2.38. The molecule has 0 saturated carbocycles. The Bertz CT molecular complexity index is 1660. The highest BCUT2D eigenvalue weighted by Gasteiger charge is 2.13. The maximum atomic E-state index is 6.80.